The van der Waals surface area contributed by atoms with Crippen LogP contribution in [0.2, 0.25) is 0 Å². The lowest BCUT2D eigenvalue weighted by Crippen LogP contribution is -2.02. The smallest absolute Gasteiger partial charge is 0.264 e. The summed E-state index contributed by atoms with van der Waals surface area (Å²) in [7, 11) is -7.38. The van der Waals surface area contributed by atoms with E-state index in [0.717, 1.165) is 19.3 Å². The van der Waals surface area contributed by atoms with E-state index in [0.29, 0.717) is 12.8 Å². The molecule has 0 aliphatic carbocycles. The first kappa shape index (κ1) is 19.2. The highest BCUT2D eigenvalue weighted by Gasteiger charge is 2.01. The van der Waals surface area contributed by atoms with Gasteiger partial charge in [-0.1, -0.05) is 33.1 Å². The zero-order valence-corrected chi connectivity index (χ0v) is 11.9. The minimum absolute atomic E-state index is 0.0964. The molecule has 0 spiro atoms. The van der Waals surface area contributed by atoms with E-state index in [1.807, 2.05) is 13.8 Å². The molecule has 0 radical (unpaired) electrons. The van der Waals surface area contributed by atoms with Gasteiger partial charge in [-0.15, -0.1) is 0 Å². The Bertz CT molecular complexity index is 357. The summed E-state index contributed by atoms with van der Waals surface area (Å²) in [6.07, 6.45) is 3.73. The first-order valence-electron chi connectivity index (χ1n) is 5.52. The third-order valence-electron chi connectivity index (χ3n) is 1.76. The van der Waals surface area contributed by atoms with Crippen molar-refractivity contribution in [3.05, 3.63) is 0 Å². The summed E-state index contributed by atoms with van der Waals surface area (Å²) >= 11 is 0. The van der Waals surface area contributed by atoms with Gasteiger partial charge < -0.3 is 0 Å². The van der Waals surface area contributed by atoms with Gasteiger partial charge in [0.05, 0.1) is 11.5 Å². The summed E-state index contributed by atoms with van der Waals surface area (Å²) in [6.45, 7) is 3.84. The van der Waals surface area contributed by atoms with Crippen LogP contribution >= 0.6 is 0 Å². The minimum atomic E-state index is -3.70. The Labute approximate surface area is 104 Å². The van der Waals surface area contributed by atoms with E-state index in [2.05, 4.69) is 0 Å². The van der Waals surface area contributed by atoms with Crippen LogP contribution in [0.1, 0.15) is 46.0 Å². The molecule has 0 amide bonds. The maximum atomic E-state index is 10.1. The number of hydrogen-bond donors (Lipinski definition) is 2. The predicted octanol–water partition coefficient (Wildman–Crippen LogP) is 1.74. The first-order chi connectivity index (χ1) is 7.62. The first-order valence-corrected chi connectivity index (χ1v) is 8.74. The zero-order chi connectivity index (χ0) is 13.9. The number of rotatable bonds is 7. The van der Waals surface area contributed by atoms with Crippen molar-refractivity contribution in [2.75, 3.05) is 11.5 Å². The molecule has 2 N–H and O–H groups in total. The summed E-state index contributed by atoms with van der Waals surface area (Å²) in [5.41, 5.74) is 0. The molecule has 0 aromatic rings. The van der Waals surface area contributed by atoms with E-state index in [1.54, 1.807) is 0 Å². The van der Waals surface area contributed by atoms with E-state index in [-0.39, 0.29) is 11.5 Å². The molecule has 0 aliphatic rings. The van der Waals surface area contributed by atoms with Gasteiger partial charge in [0.15, 0.2) is 0 Å². The predicted molar refractivity (Wildman–Crippen MR) is 67.3 cm³/mol. The van der Waals surface area contributed by atoms with E-state index < -0.39 is 20.2 Å². The molecular weight excluding hydrogens is 268 g/mol. The summed E-state index contributed by atoms with van der Waals surface area (Å²) in [5, 5.41) is 0. The molecule has 17 heavy (non-hydrogen) atoms. The van der Waals surface area contributed by atoms with Crippen molar-refractivity contribution in [1.82, 2.24) is 0 Å². The third kappa shape index (κ3) is 25.8. The van der Waals surface area contributed by atoms with Gasteiger partial charge in [0, 0.05) is 0 Å². The van der Waals surface area contributed by atoms with Crippen LogP contribution < -0.4 is 0 Å². The zero-order valence-electron chi connectivity index (χ0n) is 10.3. The molecule has 8 heteroatoms. The second kappa shape index (κ2) is 9.81. The van der Waals surface area contributed by atoms with Gasteiger partial charge in [0.25, 0.3) is 20.2 Å². The van der Waals surface area contributed by atoms with Crippen LogP contribution in [0.25, 0.3) is 0 Å². The van der Waals surface area contributed by atoms with Gasteiger partial charge in [-0.2, -0.15) is 16.8 Å². The van der Waals surface area contributed by atoms with Gasteiger partial charge in [-0.25, -0.2) is 0 Å². The van der Waals surface area contributed by atoms with Crippen LogP contribution in [0.5, 0.6) is 0 Å². The Balaban J connectivity index is 0. The highest BCUT2D eigenvalue weighted by Crippen LogP contribution is 1.96. The van der Waals surface area contributed by atoms with Crippen molar-refractivity contribution in [3.8, 4) is 0 Å². The quantitative estimate of drug-likeness (QED) is 0.546. The summed E-state index contributed by atoms with van der Waals surface area (Å²) in [6, 6.07) is 0. The lowest BCUT2D eigenvalue weighted by atomic mass is 10.3. The summed E-state index contributed by atoms with van der Waals surface area (Å²) in [5.74, 6) is -0.204. The molecule has 0 atom stereocenters. The highest BCUT2D eigenvalue weighted by atomic mass is 32.2. The van der Waals surface area contributed by atoms with E-state index >= 15 is 0 Å². The van der Waals surface area contributed by atoms with Crippen molar-refractivity contribution in [3.63, 3.8) is 0 Å². The van der Waals surface area contributed by atoms with E-state index in [4.69, 9.17) is 9.11 Å². The molecule has 0 bridgehead atoms. The fourth-order valence-electron chi connectivity index (χ4n) is 0.861. The van der Waals surface area contributed by atoms with Crippen LogP contribution in [-0.4, -0.2) is 37.4 Å². The standard InChI is InChI=1S/C5H12O3S.C4H10O3S/c1-2-3-4-5-9(6,7)8;1-2-3-4-8(5,6)7/h2-5H2,1H3,(H,6,7,8);2-4H2,1H3,(H,5,6,7). The van der Waals surface area contributed by atoms with Crippen LogP contribution in [0.4, 0.5) is 0 Å². The summed E-state index contributed by atoms with van der Waals surface area (Å²) < 4.78 is 56.4. The van der Waals surface area contributed by atoms with Crippen molar-refractivity contribution >= 4 is 20.2 Å². The lowest BCUT2D eigenvalue weighted by Gasteiger charge is -1.92. The lowest BCUT2D eigenvalue weighted by molar-refractivity contribution is 0.478. The Morgan fingerprint density at radius 3 is 1.29 bits per heavy atom. The Morgan fingerprint density at radius 1 is 0.706 bits per heavy atom. The molecule has 0 saturated carbocycles. The molecule has 0 aromatic carbocycles. The normalized spacial score (nSPS) is 11.8. The highest BCUT2D eigenvalue weighted by molar-refractivity contribution is 7.86. The van der Waals surface area contributed by atoms with Crippen molar-refractivity contribution in [2.24, 2.45) is 0 Å². The van der Waals surface area contributed by atoms with Gasteiger partial charge in [-0.3, -0.25) is 9.11 Å². The van der Waals surface area contributed by atoms with Gasteiger partial charge >= 0.3 is 0 Å². The van der Waals surface area contributed by atoms with Crippen molar-refractivity contribution in [1.29, 1.82) is 0 Å². The second-order valence-electron chi connectivity index (χ2n) is 3.63. The largest absolute Gasteiger partial charge is 0.286 e. The molecule has 0 heterocycles. The summed E-state index contributed by atoms with van der Waals surface area (Å²) in [4.78, 5) is 0. The SMILES string of the molecule is CCCCCS(=O)(=O)O.CCCCS(=O)(=O)O. The molecule has 0 aliphatic heterocycles. The van der Waals surface area contributed by atoms with Crippen LogP contribution in [0.3, 0.4) is 0 Å². The number of hydrogen-bond acceptors (Lipinski definition) is 4. The van der Waals surface area contributed by atoms with Crippen LogP contribution in [0.15, 0.2) is 0 Å². The fourth-order valence-corrected chi connectivity index (χ4v) is 2.08. The molecule has 0 aromatic heterocycles. The second-order valence-corrected chi connectivity index (χ2v) is 6.78. The molecule has 0 unspecified atom stereocenters. The topological polar surface area (TPSA) is 109 Å². The van der Waals surface area contributed by atoms with Crippen molar-refractivity contribution < 1.29 is 25.9 Å². The average molecular weight is 290 g/mol. The van der Waals surface area contributed by atoms with E-state index in [1.165, 1.54) is 0 Å². The maximum absolute atomic E-state index is 10.1. The monoisotopic (exact) mass is 290 g/mol. The molecular formula is C9H22O6S2. The Kier molecular flexibility index (Phi) is 11.1. The maximum Gasteiger partial charge on any atom is 0.264 e. The van der Waals surface area contributed by atoms with Gasteiger partial charge in [-0.05, 0) is 12.8 Å². The van der Waals surface area contributed by atoms with Crippen LogP contribution in [-0.2, 0) is 20.2 Å². The number of unbranched alkanes of at least 4 members (excludes halogenated alkanes) is 3. The Morgan fingerprint density at radius 2 is 1.06 bits per heavy atom. The Hall–Kier alpha value is -0.180. The molecule has 0 saturated heterocycles. The van der Waals surface area contributed by atoms with Crippen LogP contribution in [0, 0.1) is 0 Å². The molecule has 0 rings (SSSR count). The average Bonchev–Trinajstić information content (AvgIpc) is 2.13. The molecule has 106 valence electrons. The minimum Gasteiger partial charge on any atom is -0.286 e. The fraction of sp³-hybridized carbons (Fsp3) is 1.00. The van der Waals surface area contributed by atoms with Gasteiger partial charge in [0.1, 0.15) is 0 Å². The van der Waals surface area contributed by atoms with Crippen molar-refractivity contribution in [2.45, 2.75) is 46.0 Å². The van der Waals surface area contributed by atoms with Gasteiger partial charge in [0.2, 0.25) is 0 Å². The van der Waals surface area contributed by atoms with E-state index in [9.17, 15) is 16.8 Å². The third-order valence-corrected chi connectivity index (χ3v) is 3.37. The molecule has 0 fully saturated rings. The molecule has 6 nitrogen and oxygen atoms in total.